The van der Waals surface area contributed by atoms with E-state index in [1.165, 1.54) is 12.4 Å². The molecule has 19 heavy (non-hydrogen) atoms. The van der Waals surface area contributed by atoms with Crippen molar-refractivity contribution in [1.82, 2.24) is 9.19 Å². The summed E-state index contributed by atoms with van der Waals surface area (Å²) < 4.78 is 31.0. The van der Waals surface area contributed by atoms with E-state index in [-0.39, 0.29) is 4.90 Å². The van der Waals surface area contributed by atoms with Crippen molar-refractivity contribution >= 4 is 10.0 Å². The molecule has 1 aromatic carbocycles. The number of benzene rings is 1. The maximum Gasteiger partial charge on any atom is 0.282 e. The van der Waals surface area contributed by atoms with Crippen molar-refractivity contribution < 1.29 is 13.2 Å². The van der Waals surface area contributed by atoms with E-state index in [0.717, 1.165) is 15.4 Å². The SMILES string of the molecule is CCOc1ccc(S(=O)(=O)n2cccn2)cc1CC. The van der Waals surface area contributed by atoms with E-state index in [4.69, 9.17) is 4.74 Å². The summed E-state index contributed by atoms with van der Waals surface area (Å²) in [6, 6.07) is 6.45. The van der Waals surface area contributed by atoms with Gasteiger partial charge in [-0.1, -0.05) is 6.92 Å². The van der Waals surface area contributed by atoms with Gasteiger partial charge < -0.3 is 4.74 Å². The predicted octanol–water partition coefficient (Wildman–Crippen LogP) is 2.08. The van der Waals surface area contributed by atoms with Gasteiger partial charge in [0.1, 0.15) is 5.75 Å². The molecule has 0 aliphatic rings. The summed E-state index contributed by atoms with van der Waals surface area (Å²) in [6.07, 6.45) is 3.56. The highest BCUT2D eigenvalue weighted by atomic mass is 32.2. The first-order valence-corrected chi connectivity index (χ1v) is 7.54. The van der Waals surface area contributed by atoms with Crippen LogP contribution in [0.2, 0.25) is 0 Å². The smallest absolute Gasteiger partial charge is 0.282 e. The largest absolute Gasteiger partial charge is 0.494 e. The van der Waals surface area contributed by atoms with Gasteiger partial charge in [0.25, 0.3) is 10.0 Å². The molecule has 0 spiro atoms. The lowest BCUT2D eigenvalue weighted by atomic mass is 10.1. The molecular formula is C13H16N2O3S. The molecule has 0 N–H and O–H groups in total. The van der Waals surface area contributed by atoms with Crippen LogP contribution in [0.5, 0.6) is 5.75 Å². The zero-order valence-corrected chi connectivity index (χ0v) is 11.7. The fourth-order valence-electron chi connectivity index (χ4n) is 1.79. The van der Waals surface area contributed by atoms with E-state index in [9.17, 15) is 8.42 Å². The summed E-state index contributed by atoms with van der Waals surface area (Å²) >= 11 is 0. The highest BCUT2D eigenvalue weighted by Crippen LogP contribution is 2.24. The van der Waals surface area contributed by atoms with Gasteiger partial charge in [0.05, 0.1) is 17.7 Å². The van der Waals surface area contributed by atoms with Gasteiger partial charge in [-0.15, -0.1) is 0 Å². The van der Waals surface area contributed by atoms with Gasteiger partial charge in [0.2, 0.25) is 0 Å². The van der Waals surface area contributed by atoms with Crippen molar-refractivity contribution in [3.8, 4) is 5.75 Å². The second-order valence-electron chi connectivity index (χ2n) is 3.94. The van der Waals surface area contributed by atoms with Crippen molar-refractivity contribution in [2.45, 2.75) is 25.2 Å². The van der Waals surface area contributed by atoms with Crippen LogP contribution >= 0.6 is 0 Å². The molecule has 5 nitrogen and oxygen atoms in total. The Balaban J connectivity index is 2.47. The topological polar surface area (TPSA) is 61.2 Å². The zero-order chi connectivity index (χ0) is 13.9. The van der Waals surface area contributed by atoms with Crippen LogP contribution < -0.4 is 4.74 Å². The molecule has 1 heterocycles. The van der Waals surface area contributed by atoms with Crippen LogP contribution in [-0.4, -0.2) is 24.2 Å². The third-order valence-electron chi connectivity index (χ3n) is 2.74. The van der Waals surface area contributed by atoms with E-state index < -0.39 is 10.0 Å². The number of nitrogens with zero attached hydrogens (tertiary/aromatic N) is 2. The lowest BCUT2D eigenvalue weighted by Crippen LogP contribution is -2.13. The van der Waals surface area contributed by atoms with Gasteiger partial charge in [-0.25, -0.2) is 0 Å². The number of rotatable bonds is 5. The molecular weight excluding hydrogens is 264 g/mol. The van der Waals surface area contributed by atoms with Crippen LogP contribution in [0.1, 0.15) is 19.4 Å². The van der Waals surface area contributed by atoms with Crippen molar-refractivity contribution in [1.29, 1.82) is 0 Å². The Labute approximate surface area is 112 Å². The van der Waals surface area contributed by atoms with Gasteiger partial charge >= 0.3 is 0 Å². The molecule has 0 bridgehead atoms. The average Bonchev–Trinajstić information content (AvgIpc) is 2.94. The first kappa shape index (κ1) is 13.6. The minimum atomic E-state index is -3.61. The van der Waals surface area contributed by atoms with E-state index in [1.54, 1.807) is 24.3 Å². The van der Waals surface area contributed by atoms with Crippen LogP contribution in [0.3, 0.4) is 0 Å². The zero-order valence-electron chi connectivity index (χ0n) is 10.9. The fraction of sp³-hybridized carbons (Fsp3) is 0.308. The molecule has 0 fully saturated rings. The van der Waals surface area contributed by atoms with E-state index in [0.29, 0.717) is 13.0 Å². The van der Waals surface area contributed by atoms with Gasteiger partial charge in [-0.2, -0.15) is 17.6 Å². The Morgan fingerprint density at radius 2 is 2.11 bits per heavy atom. The van der Waals surface area contributed by atoms with Gasteiger partial charge in [0, 0.05) is 6.20 Å². The molecule has 0 atom stereocenters. The van der Waals surface area contributed by atoms with Crippen LogP contribution in [0.25, 0.3) is 0 Å². The van der Waals surface area contributed by atoms with Crippen molar-refractivity contribution in [2.24, 2.45) is 0 Å². The molecule has 0 unspecified atom stereocenters. The molecule has 2 aromatic rings. The lowest BCUT2D eigenvalue weighted by Gasteiger charge is -2.11. The molecule has 102 valence electrons. The predicted molar refractivity (Wildman–Crippen MR) is 71.8 cm³/mol. The number of ether oxygens (including phenoxy) is 1. The molecule has 6 heteroatoms. The summed E-state index contributed by atoms with van der Waals surface area (Å²) in [5.41, 5.74) is 0.870. The number of hydrogen-bond acceptors (Lipinski definition) is 4. The fourth-order valence-corrected chi connectivity index (χ4v) is 2.95. The van der Waals surface area contributed by atoms with E-state index in [1.807, 2.05) is 13.8 Å². The standard InChI is InChI=1S/C13H16N2O3S/c1-3-11-10-12(6-7-13(11)18-4-2)19(16,17)15-9-5-8-14-15/h5-10H,3-4H2,1-2H3. The van der Waals surface area contributed by atoms with Gasteiger partial charge in [-0.05, 0) is 43.2 Å². The summed E-state index contributed by atoms with van der Waals surface area (Å²) in [7, 11) is -3.61. The molecule has 1 aromatic heterocycles. The van der Waals surface area contributed by atoms with Crippen molar-refractivity contribution in [2.75, 3.05) is 6.61 Å². The highest BCUT2D eigenvalue weighted by molar-refractivity contribution is 7.89. The van der Waals surface area contributed by atoms with Gasteiger partial charge in [0.15, 0.2) is 0 Å². The van der Waals surface area contributed by atoms with Crippen molar-refractivity contribution in [3.05, 3.63) is 42.2 Å². The second-order valence-corrected chi connectivity index (χ2v) is 5.74. The third-order valence-corrected chi connectivity index (χ3v) is 4.30. The Kier molecular flexibility index (Phi) is 3.90. The lowest BCUT2D eigenvalue weighted by molar-refractivity contribution is 0.336. The highest BCUT2D eigenvalue weighted by Gasteiger charge is 2.18. The third kappa shape index (κ3) is 2.63. The summed E-state index contributed by atoms with van der Waals surface area (Å²) in [4.78, 5) is 0.219. The molecule has 0 saturated carbocycles. The quantitative estimate of drug-likeness (QED) is 0.841. The number of aromatic nitrogens is 2. The summed E-state index contributed by atoms with van der Waals surface area (Å²) in [5.74, 6) is 0.726. The monoisotopic (exact) mass is 280 g/mol. The first-order chi connectivity index (χ1) is 9.09. The van der Waals surface area contributed by atoms with E-state index in [2.05, 4.69) is 5.10 Å². The van der Waals surface area contributed by atoms with Crippen LogP contribution in [0.4, 0.5) is 0 Å². The first-order valence-electron chi connectivity index (χ1n) is 6.10. The van der Waals surface area contributed by atoms with Gasteiger partial charge in [-0.3, -0.25) is 0 Å². The summed E-state index contributed by atoms with van der Waals surface area (Å²) in [6.45, 7) is 4.41. The van der Waals surface area contributed by atoms with Crippen LogP contribution in [-0.2, 0) is 16.4 Å². The molecule has 0 aliphatic carbocycles. The minimum absolute atomic E-state index is 0.219. The maximum absolute atomic E-state index is 12.3. The second kappa shape index (κ2) is 5.44. The van der Waals surface area contributed by atoms with Crippen molar-refractivity contribution in [3.63, 3.8) is 0 Å². The Morgan fingerprint density at radius 3 is 2.68 bits per heavy atom. The Hall–Kier alpha value is -1.82. The van der Waals surface area contributed by atoms with Crippen LogP contribution in [0, 0.1) is 0 Å². The molecule has 0 aliphatic heterocycles. The Morgan fingerprint density at radius 1 is 1.32 bits per heavy atom. The molecule has 0 saturated heterocycles. The molecule has 0 radical (unpaired) electrons. The number of aryl methyl sites for hydroxylation is 1. The number of hydrogen-bond donors (Lipinski definition) is 0. The normalized spacial score (nSPS) is 11.5. The summed E-state index contributed by atoms with van der Waals surface area (Å²) in [5, 5.41) is 3.78. The Bertz CT molecular complexity index is 649. The molecule has 0 amide bonds. The average molecular weight is 280 g/mol. The van der Waals surface area contributed by atoms with Crippen LogP contribution in [0.15, 0.2) is 41.6 Å². The minimum Gasteiger partial charge on any atom is -0.494 e. The van der Waals surface area contributed by atoms with E-state index >= 15 is 0 Å². The molecule has 2 rings (SSSR count). The maximum atomic E-state index is 12.3.